The maximum Gasteiger partial charge on any atom is 0.138 e. The third-order valence-electron chi connectivity index (χ3n) is 2.93. The summed E-state index contributed by atoms with van der Waals surface area (Å²) in [6.45, 7) is 0.398. The predicted octanol–water partition coefficient (Wildman–Crippen LogP) is 2.19. The van der Waals surface area contributed by atoms with Crippen LogP contribution in [0.5, 0.6) is 0 Å². The molecule has 6 heteroatoms. The van der Waals surface area contributed by atoms with Crippen molar-refractivity contribution in [2.24, 2.45) is 15.8 Å². The molecule has 3 N–H and O–H groups in total. The summed E-state index contributed by atoms with van der Waals surface area (Å²) in [5.74, 6) is 6.10. The zero-order valence-electron chi connectivity index (χ0n) is 10.5. The van der Waals surface area contributed by atoms with Crippen molar-refractivity contribution in [3.63, 3.8) is 0 Å². The monoisotopic (exact) mass is 329 g/mol. The van der Waals surface area contributed by atoms with Crippen molar-refractivity contribution in [3.05, 3.63) is 58.3 Å². The van der Waals surface area contributed by atoms with E-state index in [1.54, 1.807) is 6.20 Å². The van der Waals surface area contributed by atoms with Gasteiger partial charge in [-0.25, -0.2) is 10.8 Å². The smallest absolute Gasteiger partial charge is 0.138 e. The van der Waals surface area contributed by atoms with Crippen molar-refractivity contribution >= 4 is 33.2 Å². The van der Waals surface area contributed by atoms with E-state index in [4.69, 9.17) is 5.84 Å². The van der Waals surface area contributed by atoms with Gasteiger partial charge in [0.05, 0.1) is 23.6 Å². The van der Waals surface area contributed by atoms with Gasteiger partial charge in [-0.3, -0.25) is 9.98 Å². The number of hydrazine groups is 1. The Morgan fingerprint density at radius 1 is 1.20 bits per heavy atom. The number of fused-ring (bicyclic) bond motifs is 1. The molecule has 1 aliphatic rings. The molecule has 0 unspecified atom stereocenters. The van der Waals surface area contributed by atoms with Crippen LogP contribution in [0.4, 0.5) is 5.69 Å². The molecular weight excluding hydrogens is 318 g/mol. The first-order chi connectivity index (χ1) is 9.78. The molecule has 1 aromatic carbocycles. The lowest BCUT2D eigenvalue weighted by atomic mass is 10.0. The number of aromatic nitrogens is 1. The number of nitrogens with one attached hydrogen (secondary N) is 1. The van der Waals surface area contributed by atoms with Gasteiger partial charge >= 0.3 is 0 Å². The zero-order chi connectivity index (χ0) is 13.9. The number of pyridine rings is 1. The van der Waals surface area contributed by atoms with Crippen LogP contribution < -0.4 is 11.3 Å². The van der Waals surface area contributed by atoms with Crippen LogP contribution in [0.15, 0.2) is 57.1 Å². The SMILES string of the molecule is NNC1=Nc2cc(Br)ccc2C(c2ccccn2)=NC1. The second-order valence-electron chi connectivity index (χ2n) is 4.24. The number of nitrogens with zero attached hydrogens (tertiary/aromatic N) is 3. The Balaban J connectivity index is 2.18. The van der Waals surface area contributed by atoms with Crippen molar-refractivity contribution in [1.29, 1.82) is 0 Å². The van der Waals surface area contributed by atoms with Crippen LogP contribution in [0.2, 0.25) is 0 Å². The van der Waals surface area contributed by atoms with Crippen LogP contribution in [0, 0.1) is 0 Å². The minimum atomic E-state index is 0.398. The third-order valence-corrected chi connectivity index (χ3v) is 3.42. The normalized spacial score (nSPS) is 13.9. The van der Waals surface area contributed by atoms with Crippen molar-refractivity contribution in [2.75, 3.05) is 6.54 Å². The van der Waals surface area contributed by atoms with E-state index >= 15 is 0 Å². The molecule has 1 aliphatic heterocycles. The van der Waals surface area contributed by atoms with Gasteiger partial charge in [0, 0.05) is 16.2 Å². The van der Waals surface area contributed by atoms with Crippen molar-refractivity contribution < 1.29 is 0 Å². The summed E-state index contributed by atoms with van der Waals surface area (Å²) in [5, 5.41) is 0. The number of amidine groups is 1. The summed E-state index contributed by atoms with van der Waals surface area (Å²) in [7, 11) is 0. The Kier molecular flexibility index (Phi) is 3.58. The second-order valence-corrected chi connectivity index (χ2v) is 5.16. The van der Waals surface area contributed by atoms with Gasteiger partial charge in [-0.2, -0.15) is 0 Å². The fourth-order valence-electron chi connectivity index (χ4n) is 2.02. The van der Waals surface area contributed by atoms with Crippen LogP contribution in [0.25, 0.3) is 0 Å². The van der Waals surface area contributed by atoms with Gasteiger partial charge in [-0.15, -0.1) is 0 Å². The van der Waals surface area contributed by atoms with Crippen LogP contribution in [0.3, 0.4) is 0 Å². The zero-order valence-corrected chi connectivity index (χ0v) is 12.1. The number of hydrogen-bond donors (Lipinski definition) is 2. The molecule has 0 saturated heterocycles. The van der Waals surface area contributed by atoms with E-state index in [1.807, 2.05) is 36.4 Å². The molecule has 0 amide bonds. The topological polar surface area (TPSA) is 75.7 Å². The lowest BCUT2D eigenvalue weighted by Gasteiger charge is -2.07. The first-order valence-electron chi connectivity index (χ1n) is 6.08. The lowest BCUT2D eigenvalue weighted by molar-refractivity contribution is 0.992. The van der Waals surface area contributed by atoms with Crippen LogP contribution in [0.1, 0.15) is 11.3 Å². The maximum absolute atomic E-state index is 5.47. The number of rotatable bonds is 1. The summed E-state index contributed by atoms with van der Waals surface area (Å²) >= 11 is 3.46. The van der Waals surface area contributed by atoms with Gasteiger partial charge in [-0.1, -0.05) is 22.0 Å². The first-order valence-corrected chi connectivity index (χ1v) is 6.87. The van der Waals surface area contributed by atoms with Crippen molar-refractivity contribution in [1.82, 2.24) is 10.4 Å². The quantitative estimate of drug-likeness (QED) is 0.622. The standard InChI is InChI=1S/C14H12BrN5/c15-9-4-5-10-12(7-9)19-13(20-16)8-18-14(10)11-3-1-2-6-17-11/h1-7H,8,16H2,(H,19,20). The van der Waals surface area contributed by atoms with E-state index in [2.05, 4.69) is 36.3 Å². The number of aliphatic imine (C=N–C) groups is 2. The number of halogens is 1. The number of nitrogens with two attached hydrogens (primary N) is 1. The van der Waals surface area contributed by atoms with E-state index in [0.29, 0.717) is 12.4 Å². The average Bonchev–Trinajstić information content (AvgIpc) is 2.66. The first kappa shape index (κ1) is 13.0. The summed E-state index contributed by atoms with van der Waals surface area (Å²) in [4.78, 5) is 13.5. The molecule has 0 atom stereocenters. The number of hydrogen-bond acceptors (Lipinski definition) is 5. The van der Waals surface area contributed by atoms with Crippen LogP contribution in [-0.2, 0) is 0 Å². The molecule has 0 spiro atoms. The Morgan fingerprint density at radius 2 is 2.10 bits per heavy atom. The molecule has 0 fully saturated rings. The van der Waals surface area contributed by atoms with Crippen molar-refractivity contribution in [3.8, 4) is 0 Å². The van der Waals surface area contributed by atoms with Gasteiger partial charge < -0.3 is 5.43 Å². The van der Waals surface area contributed by atoms with Gasteiger partial charge in [0.15, 0.2) is 0 Å². The molecule has 1 aromatic heterocycles. The molecule has 20 heavy (non-hydrogen) atoms. The molecule has 2 heterocycles. The number of benzene rings is 1. The molecule has 2 aromatic rings. The largest absolute Gasteiger partial charge is 0.310 e. The fourth-order valence-corrected chi connectivity index (χ4v) is 2.37. The molecule has 0 aliphatic carbocycles. The van der Waals surface area contributed by atoms with E-state index in [-0.39, 0.29) is 0 Å². The van der Waals surface area contributed by atoms with E-state index in [1.165, 1.54) is 0 Å². The van der Waals surface area contributed by atoms with Gasteiger partial charge in [-0.05, 0) is 30.3 Å². The second kappa shape index (κ2) is 5.52. The molecule has 100 valence electrons. The van der Waals surface area contributed by atoms with Crippen molar-refractivity contribution in [2.45, 2.75) is 0 Å². The Morgan fingerprint density at radius 3 is 2.85 bits per heavy atom. The van der Waals surface area contributed by atoms with Crippen LogP contribution >= 0.6 is 15.9 Å². The minimum absolute atomic E-state index is 0.398. The fraction of sp³-hybridized carbons (Fsp3) is 0.0714. The third kappa shape index (κ3) is 2.48. The van der Waals surface area contributed by atoms with E-state index in [9.17, 15) is 0 Å². The molecule has 0 bridgehead atoms. The highest BCUT2D eigenvalue weighted by molar-refractivity contribution is 9.10. The Bertz CT molecular complexity index is 694. The minimum Gasteiger partial charge on any atom is -0.310 e. The highest BCUT2D eigenvalue weighted by Crippen LogP contribution is 2.28. The lowest BCUT2D eigenvalue weighted by Crippen LogP contribution is -2.32. The van der Waals surface area contributed by atoms with E-state index in [0.717, 1.165) is 27.1 Å². The maximum atomic E-state index is 5.47. The molecule has 0 radical (unpaired) electrons. The van der Waals surface area contributed by atoms with Gasteiger partial charge in [0.2, 0.25) is 0 Å². The summed E-state index contributed by atoms with van der Waals surface area (Å²) in [5.41, 5.74) is 5.98. The average molecular weight is 330 g/mol. The highest BCUT2D eigenvalue weighted by Gasteiger charge is 2.16. The molecule has 0 saturated carbocycles. The summed E-state index contributed by atoms with van der Waals surface area (Å²) in [6.07, 6.45) is 1.75. The van der Waals surface area contributed by atoms with Crippen LogP contribution in [-0.4, -0.2) is 23.1 Å². The summed E-state index contributed by atoms with van der Waals surface area (Å²) < 4.78 is 0.957. The molecular formula is C14H12BrN5. The van der Waals surface area contributed by atoms with Gasteiger partial charge in [0.1, 0.15) is 5.84 Å². The summed E-state index contributed by atoms with van der Waals surface area (Å²) in [6, 6.07) is 11.6. The van der Waals surface area contributed by atoms with Gasteiger partial charge in [0.25, 0.3) is 0 Å². The highest BCUT2D eigenvalue weighted by atomic mass is 79.9. The van der Waals surface area contributed by atoms with E-state index < -0.39 is 0 Å². The predicted molar refractivity (Wildman–Crippen MR) is 83.3 cm³/mol. The Labute approximate surface area is 124 Å². The Hall–Kier alpha value is -2.05. The molecule has 5 nitrogen and oxygen atoms in total. The molecule has 3 rings (SSSR count).